The Hall–Kier alpha value is -2.12. The van der Waals surface area contributed by atoms with Crippen LogP contribution in [-0.4, -0.2) is 48.2 Å². The van der Waals surface area contributed by atoms with Crippen molar-refractivity contribution >= 4 is 17.9 Å². The van der Waals surface area contributed by atoms with E-state index in [2.05, 4.69) is 30.3 Å². The Labute approximate surface area is 111 Å². The number of ether oxygens (including phenoxy) is 2. The average molecular weight is 269 g/mol. The van der Waals surface area contributed by atoms with Crippen LogP contribution in [0, 0.1) is 0 Å². The van der Waals surface area contributed by atoms with Gasteiger partial charge in [0.05, 0.1) is 20.6 Å². The summed E-state index contributed by atoms with van der Waals surface area (Å²) < 4.78 is 9.53. The molecule has 0 bridgehead atoms. The fourth-order valence-corrected chi connectivity index (χ4v) is 1.22. The summed E-state index contributed by atoms with van der Waals surface area (Å²) in [6.07, 6.45) is 1.20. The molecule has 0 aromatic carbocycles. The highest BCUT2D eigenvalue weighted by Gasteiger charge is 2.07. The van der Waals surface area contributed by atoms with Crippen molar-refractivity contribution in [2.24, 2.45) is 0 Å². The van der Waals surface area contributed by atoms with Crippen LogP contribution in [0.25, 0.3) is 0 Å². The minimum Gasteiger partial charge on any atom is -0.469 e. The quantitative estimate of drug-likeness (QED) is 0.665. The molecule has 0 spiro atoms. The molecule has 1 heterocycles. The van der Waals surface area contributed by atoms with E-state index in [4.69, 9.17) is 4.74 Å². The van der Waals surface area contributed by atoms with E-state index < -0.39 is 0 Å². The van der Waals surface area contributed by atoms with Crippen LogP contribution >= 0.6 is 0 Å². The minimum absolute atomic E-state index is 0.217. The lowest BCUT2D eigenvalue weighted by atomic mass is 10.4. The van der Waals surface area contributed by atoms with Crippen molar-refractivity contribution in [2.45, 2.75) is 19.8 Å². The Balaban J connectivity index is 2.62. The van der Waals surface area contributed by atoms with E-state index in [9.17, 15) is 4.79 Å². The Bertz CT molecular complexity index is 413. The number of anilines is 2. The smallest absolute Gasteiger partial charge is 0.322 e. The first-order chi connectivity index (χ1) is 9.19. The zero-order valence-corrected chi connectivity index (χ0v) is 11.4. The SMILES string of the molecule is CCCNc1nc(NCCC(=O)OC)nc(OC)n1. The third-order valence-electron chi connectivity index (χ3n) is 2.17. The second-order valence-electron chi connectivity index (χ2n) is 3.65. The van der Waals surface area contributed by atoms with Crippen molar-refractivity contribution in [3.05, 3.63) is 0 Å². The molecule has 0 aliphatic rings. The first-order valence-corrected chi connectivity index (χ1v) is 6.04. The lowest BCUT2D eigenvalue weighted by Gasteiger charge is -2.08. The molecule has 0 saturated heterocycles. The molecule has 0 fully saturated rings. The predicted octanol–water partition coefficient (Wildman–Crippen LogP) is 0.677. The lowest BCUT2D eigenvalue weighted by Crippen LogP contribution is -2.14. The van der Waals surface area contributed by atoms with E-state index in [-0.39, 0.29) is 18.4 Å². The van der Waals surface area contributed by atoms with Crippen molar-refractivity contribution in [3.8, 4) is 6.01 Å². The van der Waals surface area contributed by atoms with E-state index in [0.717, 1.165) is 13.0 Å². The Morgan fingerprint density at radius 2 is 1.74 bits per heavy atom. The molecule has 8 heteroatoms. The highest BCUT2D eigenvalue weighted by Crippen LogP contribution is 2.10. The molecule has 0 saturated carbocycles. The van der Waals surface area contributed by atoms with Crippen molar-refractivity contribution < 1.29 is 14.3 Å². The van der Waals surface area contributed by atoms with Gasteiger partial charge in [-0.05, 0) is 6.42 Å². The fourth-order valence-electron chi connectivity index (χ4n) is 1.22. The molecule has 1 aromatic heterocycles. The number of esters is 1. The number of nitrogens with one attached hydrogen (secondary N) is 2. The Morgan fingerprint density at radius 3 is 2.26 bits per heavy atom. The molecular formula is C11H19N5O3. The molecule has 2 N–H and O–H groups in total. The summed E-state index contributed by atoms with van der Waals surface area (Å²) in [7, 11) is 2.83. The van der Waals surface area contributed by atoms with E-state index >= 15 is 0 Å². The normalized spacial score (nSPS) is 9.84. The number of rotatable bonds is 8. The Kier molecular flexibility index (Phi) is 6.34. The van der Waals surface area contributed by atoms with Gasteiger partial charge in [0.1, 0.15) is 0 Å². The number of aromatic nitrogens is 3. The maximum atomic E-state index is 11.0. The number of hydrogen-bond acceptors (Lipinski definition) is 8. The van der Waals surface area contributed by atoms with Gasteiger partial charge in [0.25, 0.3) is 0 Å². The van der Waals surface area contributed by atoms with Crippen LogP contribution in [0.2, 0.25) is 0 Å². The molecule has 0 atom stereocenters. The first kappa shape index (κ1) is 14.9. The van der Waals surface area contributed by atoms with E-state index in [0.29, 0.717) is 18.4 Å². The average Bonchev–Trinajstić information content (AvgIpc) is 2.44. The zero-order chi connectivity index (χ0) is 14.1. The van der Waals surface area contributed by atoms with E-state index in [1.807, 2.05) is 6.92 Å². The molecule has 1 aromatic rings. The van der Waals surface area contributed by atoms with Gasteiger partial charge in [-0.15, -0.1) is 0 Å². The summed E-state index contributed by atoms with van der Waals surface area (Å²) in [6.45, 7) is 3.18. The highest BCUT2D eigenvalue weighted by molar-refractivity contribution is 5.69. The molecule has 1 rings (SSSR count). The molecule has 0 aliphatic carbocycles. The van der Waals surface area contributed by atoms with Crippen molar-refractivity contribution in [2.75, 3.05) is 37.9 Å². The van der Waals surface area contributed by atoms with Crippen LogP contribution in [0.5, 0.6) is 6.01 Å². The minimum atomic E-state index is -0.294. The van der Waals surface area contributed by atoms with Gasteiger partial charge in [-0.25, -0.2) is 0 Å². The van der Waals surface area contributed by atoms with Gasteiger partial charge >= 0.3 is 12.0 Å². The number of carbonyl (C=O) groups excluding carboxylic acids is 1. The van der Waals surface area contributed by atoms with Gasteiger partial charge < -0.3 is 20.1 Å². The van der Waals surface area contributed by atoms with E-state index in [1.165, 1.54) is 14.2 Å². The number of carbonyl (C=O) groups is 1. The number of hydrogen-bond donors (Lipinski definition) is 2. The first-order valence-electron chi connectivity index (χ1n) is 6.04. The van der Waals surface area contributed by atoms with Gasteiger partial charge in [0.2, 0.25) is 11.9 Å². The van der Waals surface area contributed by atoms with Gasteiger partial charge in [-0.3, -0.25) is 4.79 Å². The fraction of sp³-hybridized carbons (Fsp3) is 0.636. The summed E-state index contributed by atoms with van der Waals surface area (Å²) >= 11 is 0. The topological polar surface area (TPSA) is 98.3 Å². The molecule has 0 aliphatic heterocycles. The van der Waals surface area contributed by atoms with Gasteiger partial charge in [0, 0.05) is 13.1 Å². The monoisotopic (exact) mass is 269 g/mol. The molecule has 0 radical (unpaired) electrons. The highest BCUT2D eigenvalue weighted by atomic mass is 16.5. The number of methoxy groups -OCH3 is 2. The summed E-state index contributed by atoms with van der Waals surface area (Å²) in [5.41, 5.74) is 0. The summed E-state index contributed by atoms with van der Waals surface area (Å²) in [6, 6.07) is 0.217. The summed E-state index contributed by atoms with van der Waals surface area (Å²) in [4.78, 5) is 23.2. The standard InChI is InChI=1S/C11H19N5O3/c1-4-6-12-9-14-10(16-11(15-9)19-3)13-7-5-8(17)18-2/h4-7H2,1-3H3,(H2,12,13,14,15,16). The summed E-state index contributed by atoms with van der Waals surface area (Å²) in [5.74, 6) is 0.501. The molecule has 106 valence electrons. The van der Waals surface area contributed by atoms with Crippen molar-refractivity contribution in [1.29, 1.82) is 0 Å². The van der Waals surface area contributed by atoms with Crippen LogP contribution in [-0.2, 0) is 9.53 Å². The maximum absolute atomic E-state index is 11.0. The van der Waals surface area contributed by atoms with Crippen LogP contribution < -0.4 is 15.4 Å². The van der Waals surface area contributed by atoms with Crippen molar-refractivity contribution in [1.82, 2.24) is 15.0 Å². The van der Waals surface area contributed by atoms with Crippen molar-refractivity contribution in [3.63, 3.8) is 0 Å². The lowest BCUT2D eigenvalue weighted by molar-refractivity contribution is -0.140. The largest absolute Gasteiger partial charge is 0.469 e. The molecule has 19 heavy (non-hydrogen) atoms. The van der Waals surface area contributed by atoms with Crippen LogP contribution in [0.1, 0.15) is 19.8 Å². The maximum Gasteiger partial charge on any atom is 0.322 e. The number of nitrogens with zero attached hydrogens (tertiary/aromatic N) is 3. The Morgan fingerprint density at radius 1 is 1.11 bits per heavy atom. The van der Waals surface area contributed by atoms with Gasteiger partial charge in [-0.1, -0.05) is 6.92 Å². The summed E-state index contributed by atoms with van der Waals surface area (Å²) in [5, 5.41) is 5.96. The van der Waals surface area contributed by atoms with E-state index in [1.54, 1.807) is 0 Å². The van der Waals surface area contributed by atoms with Gasteiger partial charge in [-0.2, -0.15) is 15.0 Å². The zero-order valence-electron chi connectivity index (χ0n) is 11.4. The molecule has 0 unspecified atom stereocenters. The second kappa shape index (κ2) is 8.06. The third-order valence-corrected chi connectivity index (χ3v) is 2.17. The predicted molar refractivity (Wildman–Crippen MR) is 70.3 cm³/mol. The second-order valence-corrected chi connectivity index (χ2v) is 3.65. The van der Waals surface area contributed by atoms with Gasteiger partial charge in [0.15, 0.2) is 0 Å². The molecular weight excluding hydrogens is 250 g/mol. The van der Waals surface area contributed by atoms with Crippen LogP contribution in [0.3, 0.4) is 0 Å². The molecule has 8 nitrogen and oxygen atoms in total. The third kappa shape index (κ3) is 5.36. The molecule has 0 amide bonds. The van der Waals surface area contributed by atoms with Crippen LogP contribution in [0.4, 0.5) is 11.9 Å². The van der Waals surface area contributed by atoms with Crippen LogP contribution in [0.15, 0.2) is 0 Å².